The minimum atomic E-state index is -0.245. The van der Waals surface area contributed by atoms with Crippen LogP contribution < -0.4 is 142 Å². The molecule has 0 aliphatic heterocycles. The molecule has 252 valence electrons. The minimum Gasteiger partial charge on any atom is -0.457 e. The lowest BCUT2D eigenvalue weighted by atomic mass is 9.55. The first-order valence-corrected chi connectivity index (χ1v) is 20.2. The number of benzene rings is 8. The first-order chi connectivity index (χ1) is 32.2. The molecular weight excluding hydrogens is 802 g/mol. The lowest BCUT2D eigenvalue weighted by Gasteiger charge is -2.33. The Hall–Kier alpha value is -3.97. The van der Waals surface area contributed by atoms with Crippen LogP contribution in [0.1, 0.15) is 0 Å². The Labute approximate surface area is 435 Å². The summed E-state index contributed by atoms with van der Waals surface area (Å²) in [6, 6.07) is 0. The van der Waals surface area contributed by atoms with Crippen LogP contribution in [0.3, 0.4) is 0 Å². The van der Waals surface area contributed by atoms with Crippen molar-refractivity contribution < 1.29 is 4.42 Å². The van der Waals surface area contributed by atoms with Gasteiger partial charge in [-0.2, -0.15) is 0 Å². The zero-order valence-electron chi connectivity index (χ0n) is 36.4. The molecule has 27 heteroatoms. The average molecular weight is 802 g/mol. The average Bonchev–Trinajstić information content (AvgIpc) is 3.72. The second kappa shape index (κ2) is 16.8. The van der Waals surface area contributed by atoms with Gasteiger partial charge >= 0.3 is 0 Å². The van der Waals surface area contributed by atoms with E-state index < -0.39 is 0 Å². The van der Waals surface area contributed by atoms with E-state index in [0.29, 0.717) is 0 Å². The zero-order valence-corrected chi connectivity index (χ0v) is 36.4. The summed E-state index contributed by atoms with van der Waals surface area (Å²) in [5.41, 5.74) is -4.77. The van der Waals surface area contributed by atoms with Gasteiger partial charge in [0.05, 0.1) is 0 Å². The molecule has 52 radical (unpaired) electrons. The van der Waals surface area contributed by atoms with Crippen molar-refractivity contribution in [2.24, 2.45) is 0 Å². The number of hydrogen-bond acceptors (Lipinski definition) is 1. The van der Waals surface area contributed by atoms with Gasteiger partial charge in [-0.1, -0.05) is 76.5 Å². The summed E-state index contributed by atoms with van der Waals surface area (Å²) < 4.78 is 6.33. The molecule has 69 heavy (non-hydrogen) atoms. The predicted molar refractivity (Wildman–Crippen MR) is 323 cm³/mol. The van der Waals surface area contributed by atoms with Crippen LogP contribution >= 0.6 is 0 Å². The van der Waals surface area contributed by atoms with Crippen molar-refractivity contribution in [2.75, 3.05) is 0 Å². The third-order valence-corrected chi connectivity index (χ3v) is 13.4. The summed E-state index contributed by atoms with van der Waals surface area (Å²) in [5, 5.41) is 0.0659. The molecule has 0 bridgehead atoms. The van der Waals surface area contributed by atoms with E-state index in [1.807, 2.05) is 0 Å². The molecule has 1 nitrogen and oxygen atoms in total. The second-order valence-corrected chi connectivity index (χ2v) is 16.8. The van der Waals surface area contributed by atoms with E-state index in [9.17, 15) is 0 Å². The van der Waals surface area contributed by atoms with Crippen LogP contribution in [0.25, 0.3) is 87.6 Å². The molecule has 0 N–H and O–H groups in total. The molecule has 0 unspecified atom stereocenters. The largest absolute Gasteiger partial charge is 0.457 e. The molecular formula is C42B26O. The first kappa shape index (κ1) is 50.0. The fourth-order valence-electron chi connectivity index (χ4n) is 9.64. The molecule has 0 fully saturated rings. The fraction of sp³-hybridized carbons (Fsp3) is 0. The zero-order chi connectivity index (χ0) is 51.0. The van der Waals surface area contributed by atoms with E-state index in [1.54, 1.807) is 0 Å². The molecule has 0 saturated heterocycles. The van der Waals surface area contributed by atoms with Crippen LogP contribution in [-0.2, 0) is 0 Å². The fourth-order valence-corrected chi connectivity index (χ4v) is 9.64. The summed E-state index contributed by atoms with van der Waals surface area (Å²) in [5.74, 6) is 0. The van der Waals surface area contributed by atoms with E-state index in [0.717, 1.165) is 0 Å². The molecule has 0 aliphatic rings. The van der Waals surface area contributed by atoms with Crippen molar-refractivity contribution in [3.8, 4) is 33.4 Å². The highest BCUT2D eigenvalue weighted by Gasteiger charge is 2.32. The smallest absolute Gasteiger partial charge is 0.128 e. The van der Waals surface area contributed by atoms with Crippen molar-refractivity contribution in [1.29, 1.82) is 0 Å². The number of hydrogen-bond donors (Lipinski definition) is 0. The van der Waals surface area contributed by atoms with Gasteiger partial charge in [0.1, 0.15) is 215 Å². The maximum absolute atomic E-state index is 7.44. The SMILES string of the molecule is [B]c1c([B])c([B])c(-c2c([B])c(-c3c4c([B])c([B])c([B])c([B])c4c(-c4c([B])c([B])c([B])c5oc6c([B])c([B])c([B])c([B])c6c45)c4c([B])c([B])c([B])c([B])c34)c([B])c3c([B])c([B])c([B])c([B])c23)c([B])c1[B]. The van der Waals surface area contributed by atoms with Crippen LogP contribution in [0, 0.1) is 0 Å². The summed E-state index contributed by atoms with van der Waals surface area (Å²) in [7, 11) is 176. The van der Waals surface area contributed by atoms with Gasteiger partial charge in [0.25, 0.3) is 0 Å². The van der Waals surface area contributed by atoms with E-state index in [1.165, 1.54) is 0 Å². The molecule has 0 amide bonds. The molecule has 0 spiro atoms. The Morgan fingerprint density at radius 2 is 0.348 bits per heavy atom. The lowest BCUT2D eigenvalue weighted by Crippen LogP contribution is -2.56. The first-order valence-electron chi connectivity index (χ1n) is 20.2. The van der Waals surface area contributed by atoms with Gasteiger partial charge in [-0.25, -0.2) is 0 Å². The van der Waals surface area contributed by atoms with E-state index >= 15 is 0 Å². The summed E-state index contributed by atoms with van der Waals surface area (Å²) >= 11 is 0. The number of fused-ring (bicyclic) bond motifs is 6. The molecule has 0 atom stereocenters. The maximum atomic E-state index is 7.44. The Balaban J connectivity index is 1.70. The third kappa shape index (κ3) is 6.41. The van der Waals surface area contributed by atoms with Gasteiger partial charge in [-0.3, -0.25) is 0 Å². The second-order valence-electron chi connectivity index (χ2n) is 16.8. The van der Waals surface area contributed by atoms with E-state index in [2.05, 4.69) is 0 Å². The molecule has 1 aromatic heterocycles. The van der Waals surface area contributed by atoms with Crippen molar-refractivity contribution in [3.05, 3.63) is 0 Å². The van der Waals surface area contributed by atoms with Crippen LogP contribution in [0.5, 0.6) is 0 Å². The molecule has 1 heterocycles. The Bertz CT molecular complexity index is 3860. The summed E-state index contributed by atoms with van der Waals surface area (Å²) in [4.78, 5) is 0. The number of furan rings is 1. The normalized spacial score (nSPS) is 11.8. The van der Waals surface area contributed by atoms with Crippen molar-refractivity contribution in [1.82, 2.24) is 0 Å². The van der Waals surface area contributed by atoms with Crippen molar-refractivity contribution >= 4 is 400 Å². The van der Waals surface area contributed by atoms with Crippen LogP contribution in [0.4, 0.5) is 0 Å². The highest BCUT2D eigenvalue weighted by atomic mass is 16.3. The summed E-state index contributed by atoms with van der Waals surface area (Å²) in [6.45, 7) is 0. The van der Waals surface area contributed by atoms with E-state index in [4.69, 9.17) is 208 Å². The van der Waals surface area contributed by atoms with Gasteiger partial charge in [-0.05, 0) is 65.7 Å². The van der Waals surface area contributed by atoms with Gasteiger partial charge < -0.3 is 4.42 Å². The Kier molecular flexibility index (Phi) is 12.2. The molecule has 9 rings (SSSR count). The van der Waals surface area contributed by atoms with Gasteiger partial charge in [0, 0.05) is 10.8 Å². The quantitative estimate of drug-likeness (QED) is 0.128. The number of rotatable bonds is 3. The van der Waals surface area contributed by atoms with E-state index in [-0.39, 0.29) is 230 Å². The monoisotopic (exact) mass is 806 g/mol. The molecule has 0 aliphatic carbocycles. The van der Waals surface area contributed by atoms with Gasteiger partial charge in [0.2, 0.25) is 0 Å². The lowest BCUT2D eigenvalue weighted by molar-refractivity contribution is 0.675. The standard InChI is InChI=1S/C42B26O/c43-15-8(13-24(52)33(61)37(65)34(62)25(13)53)9-12(23(51)32(60)31(59)22(9)50)16(44)11(15)2-5-3(17(45)27(55)29(57)19(5)47)1(4-6(2)20(48)30(58)28(56)18(4)46)7-10-14-26(54)35(63)38(66)40(68)42(14)69-41(10)39(67)36(64)21(7)49. The van der Waals surface area contributed by atoms with Gasteiger partial charge in [-0.15, -0.1) is 65.6 Å². The van der Waals surface area contributed by atoms with Crippen molar-refractivity contribution in [2.45, 2.75) is 0 Å². The Morgan fingerprint density at radius 3 is 0.739 bits per heavy atom. The van der Waals surface area contributed by atoms with Gasteiger partial charge in [0.15, 0.2) is 0 Å². The molecule has 8 aromatic carbocycles. The highest BCUT2D eigenvalue weighted by molar-refractivity contribution is 6.77. The van der Waals surface area contributed by atoms with Crippen LogP contribution in [0.15, 0.2) is 4.42 Å². The predicted octanol–water partition coefficient (Wildman–Crippen LogP) is -19.3. The minimum absolute atomic E-state index is 0.00611. The molecule has 9 aromatic rings. The topological polar surface area (TPSA) is 13.1 Å². The third-order valence-electron chi connectivity index (χ3n) is 13.4. The van der Waals surface area contributed by atoms with Crippen LogP contribution in [0.2, 0.25) is 0 Å². The van der Waals surface area contributed by atoms with Crippen molar-refractivity contribution in [3.63, 3.8) is 0 Å². The maximum Gasteiger partial charge on any atom is 0.128 e. The van der Waals surface area contributed by atoms with Crippen LogP contribution in [-0.4, -0.2) is 204 Å². The molecule has 0 saturated carbocycles. The Morgan fingerprint density at radius 1 is 0.130 bits per heavy atom. The highest BCUT2D eigenvalue weighted by Crippen LogP contribution is 2.43. The summed E-state index contributed by atoms with van der Waals surface area (Å²) in [6.07, 6.45) is 0.